The van der Waals surface area contributed by atoms with Gasteiger partial charge in [-0.05, 0) is 6.07 Å². The van der Waals surface area contributed by atoms with Gasteiger partial charge in [-0.1, -0.05) is 11.6 Å². The van der Waals surface area contributed by atoms with Gasteiger partial charge in [0.15, 0.2) is 17.1 Å². The number of H-pyrrole nitrogens is 1. The molecule has 2 aromatic heterocycles. The smallest absolute Gasteiger partial charge is 0.241 e. The lowest BCUT2D eigenvalue weighted by molar-refractivity contribution is -0.129. The summed E-state index contributed by atoms with van der Waals surface area (Å²) in [5.74, 6) is -2.21. The van der Waals surface area contributed by atoms with Crippen LogP contribution in [0.25, 0.3) is 22.2 Å². The van der Waals surface area contributed by atoms with E-state index in [1.807, 2.05) is 6.07 Å². The number of carbonyl (C=O) groups is 1. The molecule has 0 saturated carbocycles. The molecule has 0 aliphatic carbocycles. The van der Waals surface area contributed by atoms with Crippen molar-refractivity contribution in [2.75, 3.05) is 31.6 Å². The van der Waals surface area contributed by atoms with Gasteiger partial charge >= 0.3 is 0 Å². The quantitative estimate of drug-likeness (QED) is 0.676. The van der Waals surface area contributed by atoms with Crippen molar-refractivity contribution >= 4 is 34.1 Å². The van der Waals surface area contributed by atoms with E-state index in [9.17, 15) is 14.0 Å². The lowest BCUT2D eigenvalue weighted by Gasteiger charge is -2.33. The number of piperazine rings is 1. The molecule has 1 aliphatic heterocycles. The highest BCUT2D eigenvalue weighted by molar-refractivity contribution is 6.33. The lowest BCUT2D eigenvalue weighted by Crippen LogP contribution is -2.49. The number of amides is 1. The molecule has 10 heteroatoms. The summed E-state index contributed by atoms with van der Waals surface area (Å²) in [5, 5.41) is 8.87. The number of fused-ring (bicyclic) bond motifs is 1. The molecule has 3 heterocycles. The van der Waals surface area contributed by atoms with Gasteiger partial charge in [-0.3, -0.25) is 9.59 Å². The number of likely N-dealkylation sites (N-methyl/N-ethyl adjacent to an activating group) is 1. The van der Waals surface area contributed by atoms with Gasteiger partial charge in [-0.25, -0.2) is 13.8 Å². The number of halogens is 3. The molecule has 152 valence electrons. The molecule has 0 bridgehead atoms. The molecule has 0 radical (unpaired) electrons. The zero-order valence-corrected chi connectivity index (χ0v) is 16.4. The van der Waals surface area contributed by atoms with Crippen LogP contribution in [0.5, 0.6) is 0 Å². The molecule has 0 unspecified atom stereocenters. The highest BCUT2D eigenvalue weighted by atomic mass is 35.5. The zero-order valence-electron chi connectivity index (χ0n) is 15.7. The van der Waals surface area contributed by atoms with Crippen molar-refractivity contribution in [2.45, 2.75) is 0 Å². The van der Waals surface area contributed by atoms with Gasteiger partial charge in [0.05, 0.1) is 28.2 Å². The standard InChI is InChI=1S/C20H14ClF2N5O2/c1-27-2-3-28(9-17(27)30)20-13(22)5-15-18(19(20)23)16(29)6-14(26-15)11-4-10(7-24)25-8-12(11)21/h4-6,8H,2-3,9H2,1H3,(H,26,29). The molecule has 1 amide bonds. The number of pyridine rings is 2. The molecule has 1 N–H and O–H groups in total. The fraction of sp³-hybridized carbons (Fsp3) is 0.200. The first-order valence-electron chi connectivity index (χ1n) is 8.90. The van der Waals surface area contributed by atoms with Crippen molar-refractivity contribution in [1.29, 1.82) is 5.26 Å². The Morgan fingerprint density at radius 2 is 2.00 bits per heavy atom. The van der Waals surface area contributed by atoms with E-state index < -0.39 is 22.8 Å². The lowest BCUT2D eigenvalue weighted by atomic mass is 10.1. The number of hydrogen-bond acceptors (Lipinski definition) is 5. The minimum atomic E-state index is -1.03. The van der Waals surface area contributed by atoms with E-state index in [4.69, 9.17) is 16.9 Å². The normalized spacial score (nSPS) is 14.3. The van der Waals surface area contributed by atoms with Gasteiger partial charge in [0.1, 0.15) is 17.5 Å². The Kier molecular flexibility index (Phi) is 4.87. The number of benzene rings is 1. The van der Waals surface area contributed by atoms with Crippen LogP contribution in [0.2, 0.25) is 5.02 Å². The predicted molar refractivity (Wildman–Crippen MR) is 107 cm³/mol. The number of aromatic nitrogens is 2. The van der Waals surface area contributed by atoms with Gasteiger partial charge < -0.3 is 14.8 Å². The van der Waals surface area contributed by atoms with E-state index in [0.29, 0.717) is 12.1 Å². The molecule has 3 aromatic rings. The van der Waals surface area contributed by atoms with Crippen molar-refractivity contribution in [1.82, 2.24) is 14.9 Å². The largest absolute Gasteiger partial charge is 0.356 e. The summed E-state index contributed by atoms with van der Waals surface area (Å²) in [5.41, 5.74) is -0.597. The number of aromatic amines is 1. The average molecular weight is 430 g/mol. The molecular formula is C20H14ClF2N5O2. The van der Waals surface area contributed by atoms with Crippen molar-refractivity contribution in [3.8, 4) is 17.3 Å². The molecule has 7 nitrogen and oxygen atoms in total. The monoisotopic (exact) mass is 429 g/mol. The molecule has 4 rings (SSSR count). The Morgan fingerprint density at radius 3 is 2.70 bits per heavy atom. The topological polar surface area (TPSA) is 93.1 Å². The Hall–Kier alpha value is -3.51. The van der Waals surface area contributed by atoms with Gasteiger partial charge in [0, 0.05) is 44.0 Å². The average Bonchev–Trinajstić information content (AvgIpc) is 2.70. The summed E-state index contributed by atoms with van der Waals surface area (Å²) in [4.78, 5) is 34.1. The molecule has 1 aliphatic rings. The summed E-state index contributed by atoms with van der Waals surface area (Å²) in [6.07, 6.45) is 1.26. The number of anilines is 1. The number of hydrogen-bond donors (Lipinski definition) is 1. The Labute approximate surface area is 174 Å². The maximum absolute atomic E-state index is 15.2. The highest BCUT2D eigenvalue weighted by Gasteiger charge is 2.28. The van der Waals surface area contributed by atoms with Crippen LogP contribution in [-0.4, -0.2) is 47.5 Å². The van der Waals surface area contributed by atoms with E-state index in [2.05, 4.69) is 9.97 Å². The molecular weight excluding hydrogens is 416 g/mol. The minimum Gasteiger partial charge on any atom is -0.356 e. The van der Waals surface area contributed by atoms with Crippen LogP contribution in [0, 0.1) is 23.0 Å². The van der Waals surface area contributed by atoms with Gasteiger partial charge in [0.25, 0.3) is 0 Å². The SMILES string of the molecule is CN1CCN(c2c(F)cc3[nH]c(-c4cc(C#N)ncc4Cl)cc(=O)c3c2F)CC1=O. The third-order valence-corrected chi connectivity index (χ3v) is 5.32. The molecule has 1 fully saturated rings. The first kappa shape index (κ1) is 19.8. The van der Waals surface area contributed by atoms with Crippen LogP contribution in [-0.2, 0) is 4.79 Å². The molecule has 30 heavy (non-hydrogen) atoms. The summed E-state index contributed by atoms with van der Waals surface area (Å²) in [6, 6.07) is 5.38. The summed E-state index contributed by atoms with van der Waals surface area (Å²) >= 11 is 6.12. The van der Waals surface area contributed by atoms with Gasteiger partial charge in [-0.15, -0.1) is 0 Å². The van der Waals surface area contributed by atoms with Crippen LogP contribution >= 0.6 is 11.6 Å². The maximum atomic E-state index is 15.2. The Bertz CT molecular complexity index is 1300. The van der Waals surface area contributed by atoms with E-state index in [1.165, 1.54) is 22.1 Å². The number of nitrogens with zero attached hydrogens (tertiary/aromatic N) is 4. The third kappa shape index (κ3) is 3.25. The van der Waals surface area contributed by atoms with Crippen molar-refractivity contribution < 1.29 is 13.6 Å². The molecule has 0 atom stereocenters. The van der Waals surface area contributed by atoms with Crippen LogP contribution in [0.1, 0.15) is 5.69 Å². The van der Waals surface area contributed by atoms with E-state index in [1.54, 1.807) is 7.05 Å². The second-order valence-electron chi connectivity index (χ2n) is 6.89. The summed E-state index contributed by atoms with van der Waals surface area (Å²) in [6.45, 7) is 0.364. The van der Waals surface area contributed by atoms with Crippen LogP contribution in [0.15, 0.2) is 29.2 Å². The van der Waals surface area contributed by atoms with Crippen LogP contribution in [0.3, 0.4) is 0 Å². The predicted octanol–water partition coefficient (Wildman–Crippen LogP) is 2.67. The zero-order chi connectivity index (χ0) is 21.6. The van der Waals surface area contributed by atoms with E-state index in [-0.39, 0.29) is 46.3 Å². The number of nitriles is 1. The number of carbonyl (C=O) groups excluding carboxylic acids is 1. The van der Waals surface area contributed by atoms with Crippen molar-refractivity contribution in [3.05, 3.63) is 57.0 Å². The number of rotatable bonds is 2. The first-order valence-corrected chi connectivity index (χ1v) is 9.28. The summed E-state index contributed by atoms with van der Waals surface area (Å²) < 4.78 is 30.1. The maximum Gasteiger partial charge on any atom is 0.241 e. The van der Waals surface area contributed by atoms with Crippen molar-refractivity contribution in [3.63, 3.8) is 0 Å². The minimum absolute atomic E-state index is 0.0666. The van der Waals surface area contributed by atoms with Crippen LogP contribution < -0.4 is 10.3 Å². The van der Waals surface area contributed by atoms with E-state index >= 15 is 4.39 Å². The fourth-order valence-corrected chi connectivity index (χ4v) is 3.63. The Balaban J connectivity index is 1.88. The molecule has 0 spiro atoms. The fourth-order valence-electron chi connectivity index (χ4n) is 3.42. The first-order chi connectivity index (χ1) is 14.3. The van der Waals surface area contributed by atoms with Crippen LogP contribution in [0.4, 0.5) is 14.5 Å². The Morgan fingerprint density at radius 1 is 1.23 bits per heavy atom. The molecule has 1 aromatic carbocycles. The second kappa shape index (κ2) is 7.39. The van der Waals surface area contributed by atoms with Crippen molar-refractivity contribution in [2.24, 2.45) is 0 Å². The summed E-state index contributed by atoms with van der Waals surface area (Å²) in [7, 11) is 1.61. The molecule has 1 saturated heterocycles. The second-order valence-corrected chi connectivity index (χ2v) is 7.30. The van der Waals surface area contributed by atoms with E-state index in [0.717, 1.165) is 12.1 Å². The van der Waals surface area contributed by atoms with Gasteiger partial charge in [0.2, 0.25) is 5.91 Å². The highest BCUT2D eigenvalue weighted by Crippen LogP contribution is 2.32. The third-order valence-electron chi connectivity index (χ3n) is 5.02. The van der Waals surface area contributed by atoms with Gasteiger partial charge in [-0.2, -0.15) is 5.26 Å². The number of nitrogens with one attached hydrogen (secondary N) is 1.